The van der Waals surface area contributed by atoms with Crippen LogP contribution in [0.5, 0.6) is 0 Å². The number of carboxylic acid groups (broad SMARTS) is 2. The lowest BCUT2D eigenvalue weighted by Gasteiger charge is -2.33. The smallest absolute Gasteiger partial charge is 0.414 e. The number of carbonyl (C=O) groups excluding carboxylic acids is 1. The van der Waals surface area contributed by atoms with Crippen molar-refractivity contribution in [3.63, 3.8) is 0 Å². The van der Waals surface area contributed by atoms with Gasteiger partial charge in [0, 0.05) is 13.1 Å². The van der Waals surface area contributed by atoms with Crippen LogP contribution in [0.1, 0.15) is 20.8 Å². The molecule has 0 spiro atoms. The fourth-order valence-electron chi connectivity index (χ4n) is 1.35. The van der Waals surface area contributed by atoms with E-state index in [1.807, 2.05) is 20.8 Å². The molecule has 0 aromatic carbocycles. The quantitative estimate of drug-likeness (QED) is 0.563. The van der Waals surface area contributed by atoms with Crippen LogP contribution in [0.2, 0.25) is 0 Å². The molecule has 4 N–H and O–H groups in total. The lowest BCUT2D eigenvalue weighted by Crippen LogP contribution is -2.49. The average Bonchev–Trinajstić information content (AvgIpc) is 2.37. The maximum Gasteiger partial charge on any atom is 0.414 e. The van der Waals surface area contributed by atoms with E-state index in [1.54, 1.807) is 4.90 Å². The van der Waals surface area contributed by atoms with Gasteiger partial charge in [-0.05, 0) is 20.8 Å². The van der Waals surface area contributed by atoms with E-state index in [-0.39, 0.29) is 12.2 Å². The molecule has 0 unspecified atom stereocenters. The summed E-state index contributed by atoms with van der Waals surface area (Å²) in [6.45, 7) is 7.61. The number of morpholine rings is 1. The third-order valence-electron chi connectivity index (χ3n) is 2.24. The minimum Gasteiger partial charge on any atom is -0.473 e. The highest BCUT2D eigenvalue weighted by Crippen LogP contribution is 2.12. The molecule has 0 saturated carbocycles. The molecular weight excluding hydrogens is 284 g/mol. The highest BCUT2D eigenvalue weighted by atomic mass is 16.6. The summed E-state index contributed by atoms with van der Waals surface area (Å²) in [5.74, 6) is -3.65. The number of aliphatic carboxylic acids is 2. The fourth-order valence-corrected chi connectivity index (χ4v) is 1.35. The second-order valence-electron chi connectivity index (χ2n) is 5.27. The Morgan fingerprint density at radius 2 is 1.81 bits per heavy atom. The molecule has 1 atom stereocenters. The lowest BCUT2D eigenvalue weighted by molar-refractivity contribution is -0.159. The SMILES string of the molecule is CC(C)(C)OC(=O)N1CCO[C@H](CN)C1.O=C(O)C(=O)O. The van der Waals surface area contributed by atoms with Crippen LogP contribution in [0.15, 0.2) is 0 Å². The molecule has 9 heteroatoms. The Morgan fingerprint density at radius 3 is 2.19 bits per heavy atom. The molecule has 0 bridgehead atoms. The van der Waals surface area contributed by atoms with Crippen molar-refractivity contribution in [2.24, 2.45) is 5.73 Å². The van der Waals surface area contributed by atoms with Crippen molar-refractivity contribution in [2.75, 3.05) is 26.2 Å². The number of hydrogen-bond donors (Lipinski definition) is 3. The Bertz CT molecular complexity index is 366. The zero-order chi connectivity index (χ0) is 16.6. The van der Waals surface area contributed by atoms with Crippen LogP contribution in [0.4, 0.5) is 4.79 Å². The lowest BCUT2D eigenvalue weighted by atomic mass is 10.2. The third kappa shape index (κ3) is 8.82. The van der Waals surface area contributed by atoms with Gasteiger partial charge in [0.15, 0.2) is 0 Å². The Balaban J connectivity index is 0.000000567. The van der Waals surface area contributed by atoms with E-state index in [0.29, 0.717) is 26.2 Å². The highest BCUT2D eigenvalue weighted by Gasteiger charge is 2.27. The van der Waals surface area contributed by atoms with Crippen LogP contribution >= 0.6 is 0 Å². The van der Waals surface area contributed by atoms with E-state index in [1.165, 1.54) is 0 Å². The Kier molecular flexibility index (Phi) is 7.67. The zero-order valence-corrected chi connectivity index (χ0v) is 12.4. The van der Waals surface area contributed by atoms with Crippen molar-refractivity contribution >= 4 is 18.0 Å². The molecule has 9 nitrogen and oxygen atoms in total. The number of nitrogens with zero attached hydrogens (tertiary/aromatic N) is 1. The van der Waals surface area contributed by atoms with Gasteiger partial charge in [-0.3, -0.25) is 0 Å². The van der Waals surface area contributed by atoms with E-state index >= 15 is 0 Å². The maximum absolute atomic E-state index is 11.7. The third-order valence-corrected chi connectivity index (χ3v) is 2.24. The van der Waals surface area contributed by atoms with Gasteiger partial charge >= 0.3 is 18.0 Å². The first-order valence-corrected chi connectivity index (χ1v) is 6.32. The minimum atomic E-state index is -1.82. The summed E-state index contributed by atoms with van der Waals surface area (Å²) >= 11 is 0. The number of carbonyl (C=O) groups is 3. The second kappa shape index (κ2) is 8.42. The normalized spacial score (nSPS) is 18.3. The summed E-state index contributed by atoms with van der Waals surface area (Å²) in [6, 6.07) is 0. The van der Waals surface area contributed by atoms with Gasteiger partial charge < -0.3 is 30.3 Å². The highest BCUT2D eigenvalue weighted by molar-refractivity contribution is 6.27. The minimum absolute atomic E-state index is 0.0636. The van der Waals surface area contributed by atoms with Gasteiger partial charge in [-0.15, -0.1) is 0 Å². The predicted molar refractivity (Wildman–Crippen MR) is 71.9 cm³/mol. The van der Waals surface area contributed by atoms with Crippen LogP contribution in [-0.2, 0) is 19.1 Å². The number of rotatable bonds is 1. The predicted octanol–water partition coefficient (Wildman–Crippen LogP) is -0.263. The first-order chi connectivity index (χ1) is 9.56. The van der Waals surface area contributed by atoms with E-state index in [2.05, 4.69) is 0 Å². The van der Waals surface area contributed by atoms with Gasteiger partial charge in [-0.1, -0.05) is 0 Å². The molecule has 1 aliphatic heterocycles. The van der Waals surface area contributed by atoms with Crippen LogP contribution in [0.25, 0.3) is 0 Å². The molecule has 0 radical (unpaired) electrons. The Labute approximate surface area is 122 Å². The first kappa shape index (κ1) is 19.1. The molecule has 1 aliphatic rings. The Morgan fingerprint density at radius 1 is 1.29 bits per heavy atom. The van der Waals surface area contributed by atoms with Crippen molar-refractivity contribution in [2.45, 2.75) is 32.5 Å². The average molecular weight is 306 g/mol. The van der Waals surface area contributed by atoms with Crippen LogP contribution < -0.4 is 5.73 Å². The van der Waals surface area contributed by atoms with Gasteiger partial charge in [0.1, 0.15) is 5.60 Å². The van der Waals surface area contributed by atoms with Crippen molar-refractivity contribution in [3.05, 3.63) is 0 Å². The summed E-state index contributed by atoms with van der Waals surface area (Å²) in [6.07, 6.45) is -0.351. The molecule has 1 heterocycles. The van der Waals surface area contributed by atoms with E-state index in [4.69, 9.17) is 35.0 Å². The number of hydrogen-bond acceptors (Lipinski definition) is 6. The molecule has 1 rings (SSSR count). The summed E-state index contributed by atoms with van der Waals surface area (Å²) in [4.78, 5) is 31.5. The number of ether oxygens (including phenoxy) is 2. The molecule has 0 aromatic heterocycles. The molecule has 122 valence electrons. The van der Waals surface area contributed by atoms with Crippen molar-refractivity contribution < 1.29 is 34.1 Å². The summed E-state index contributed by atoms with van der Waals surface area (Å²) in [5, 5.41) is 14.8. The topological polar surface area (TPSA) is 139 Å². The first-order valence-electron chi connectivity index (χ1n) is 6.32. The second-order valence-corrected chi connectivity index (χ2v) is 5.27. The Hall–Kier alpha value is -1.87. The van der Waals surface area contributed by atoms with Gasteiger partial charge in [0.25, 0.3) is 0 Å². The summed E-state index contributed by atoms with van der Waals surface area (Å²) < 4.78 is 10.6. The van der Waals surface area contributed by atoms with Gasteiger partial charge in [-0.2, -0.15) is 0 Å². The van der Waals surface area contributed by atoms with Crippen molar-refractivity contribution in [1.82, 2.24) is 4.90 Å². The van der Waals surface area contributed by atoms with E-state index in [9.17, 15) is 4.79 Å². The molecule has 0 aliphatic carbocycles. The van der Waals surface area contributed by atoms with Crippen LogP contribution in [0, 0.1) is 0 Å². The maximum atomic E-state index is 11.7. The fraction of sp³-hybridized carbons (Fsp3) is 0.750. The number of carboxylic acids is 2. The molecule has 1 fully saturated rings. The standard InChI is InChI=1S/C10H20N2O3.C2H2O4/c1-10(2,3)15-9(13)12-4-5-14-8(6-11)7-12;3-1(4)2(5)6/h8H,4-7,11H2,1-3H3;(H,3,4)(H,5,6)/t8-;/m1./s1. The van der Waals surface area contributed by atoms with Crippen molar-refractivity contribution in [1.29, 1.82) is 0 Å². The van der Waals surface area contributed by atoms with E-state index in [0.717, 1.165) is 0 Å². The zero-order valence-electron chi connectivity index (χ0n) is 12.4. The molecule has 0 aromatic rings. The molecule has 1 saturated heterocycles. The largest absolute Gasteiger partial charge is 0.473 e. The van der Waals surface area contributed by atoms with Gasteiger partial charge in [-0.25, -0.2) is 14.4 Å². The summed E-state index contributed by atoms with van der Waals surface area (Å²) in [7, 11) is 0. The van der Waals surface area contributed by atoms with E-state index < -0.39 is 17.5 Å². The molecule has 1 amide bonds. The monoisotopic (exact) mass is 306 g/mol. The van der Waals surface area contributed by atoms with Crippen molar-refractivity contribution in [3.8, 4) is 0 Å². The summed E-state index contributed by atoms with van der Waals surface area (Å²) in [5.41, 5.74) is 5.04. The van der Waals surface area contributed by atoms with Gasteiger partial charge in [0.05, 0.1) is 19.3 Å². The van der Waals surface area contributed by atoms with Crippen LogP contribution in [-0.4, -0.2) is 71.1 Å². The number of amides is 1. The van der Waals surface area contributed by atoms with Crippen LogP contribution in [0.3, 0.4) is 0 Å². The van der Waals surface area contributed by atoms with Gasteiger partial charge in [0.2, 0.25) is 0 Å². The molecule has 21 heavy (non-hydrogen) atoms. The number of nitrogens with two attached hydrogens (primary N) is 1. The molecular formula is C12H22N2O7.